The van der Waals surface area contributed by atoms with Gasteiger partial charge in [0.1, 0.15) is 0 Å². The van der Waals surface area contributed by atoms with Crippen LogP contribution in [0.1, 0.15) is 17.5 Å². The Balaban J connectivity index is 2.17. The molecule has 0 aromatic carbocycles. The quantitative estimate of drug-likeness (QED) is 0.698. The molecule has 1 aliphatic heterocycles. The number of nitrogens with one attached hydrogen (secondary N) is 1. The Morgan fingerprint density at radius 1 is 1.67 bits per heavy atom. The Morgan fingerprint density at radius 3 is 3.07 bits per heavy atom. The molecule has 1 aromatic rings. The molecule has 0 spiro atoms. The van der Waals surface area contributed by atoms with E-state index in [-0.39, 0.29) is 11.9 Å². The fourth-order valence-electron chi connectivity index (χ4n) is 1.84. The zero-order valence-electron chi connectivity index (χ0n) is 9.10. The number of aryl methyl sites for hydroxylation is 1. The first-order valence-electron chi connectivity index (χ1n) is 5.19. The monoisotopic (exact) mass is 208 g/mol. The molecule has 1 N–H and O–H groups in total. The van der Waals surface area contributed by atoms with Gasteiger partial charge in [-0.15, -0.1) is 0 Å². The summed E-state index contributed by atoms with van der Waals surface area (Å²) in [6, 6.07) is 0.239. The van der Waals surface area contributed by atoms with Crippen LogP contribution in [0.2, 0.25) is 0 Å². The fourth-order valence-corrected chi connectivity index (χ4v) is 1.84. The molecule has 0 saturated carbocycles. The Kier molecular flexibility index (Phi) is 2.73. The van der Waals surface area contributed by atoms with Gasteiger partial charge >= 0.3 is 0 Å². The summed E-state index contributed by atoms with van der Waals surface area (Å²) >= 11 is 0. The molecule has 1 saturated heterocycles. The predicted octanol–water partition coefficient (Wildman–Crippen LogP) is -0.146. The standard InChI is InChI=1S/C10H16N4O/c1-8-7-11-3-6-14(8)10(15)9-12-4-5-13(9)2/h4-5,8,11H,3,6-7H2,1-2H3/t8-/m1/s1. The number of rotatable bonds is 1. The van der Waals surface area contributed by atoms with Crippen molar-refractivity contribution >= 4 is 5.91 Å². The van der Waals surface area contributed by atoms with E-state index in [1.165, 1.54) is 0 Å². The zero-order chi connectivity index (χ0) is 10.8. The first-order valence-corrected chi connectivity index (χ1v) is 5.19. The molecule has 15 heavy (non-hydrogen) atoms. The minimum absolute atomic E-state index is 0.0245. The van der Waals surface area contributed by atoms with Crippen molar-refractivity contribution in [1.82, 2.24) is 19.8 Å². The van der Waals surface area contributed by atoms with Crippen molar-refractivity contribution in [2.24, 2.45) is 7.05 Å². The molecule has 0 aliphatic carbocycles. The SMILES string of the molecule is C[C@@H]1CNCCN1C(=O)c1nccn1C. The van der Waals surface area contributed by atoms with E-state index in [1.807, 2.05) is 18.9 Å². The summed E-state index contributed by atoms with van der Waals surface area (Å²) in [5, 5.41) is 3.26. The lowest BCUT2D eigenvalue weighted by Gasteiger charge is -2.33. The Hall–Kier alpha value is -1.36. The molecule has 0 bridgehead atoms. The van der Waals surface area contributed by atoms with E-state index in [0.29, 0.717) is 5.82 Å². The third-order valence-corrected chi connectivity index (χ3v) is 2.77. The highest BCUT2D eigenvalue weighted by Crippen LogP contribution is 2.08. The molecule has 1 aliphatic rings. The topological polar surface area (TPSA) is 50.2 Å². The Bertz CT molecular complexity index is 360. The summed E-state index contributed by atoms with van der Waals surface area (Å²) in [4.78, 5) is 18.1. The number of hydrogen-bond donors (Lipinski definition) is 1. The summed E-state index contributed by atoms with van der Waals surface area (Å²) < 4.78 is 1.76. The number of piperazine rings is 1. The number of carbonyl (C=O) groups is 1. The number of aromatic nitrogens is 2. The van der Waals surface area contributed by atoms with Crippen LogP contribution in [0, 0.1) is 0 Å². The lowest BCUT2D eigenvalue weighted by atomic mass is 10.2. The van der Waals surface area contributed by atoms with Crippen molar-refractivity contribution < 1.29 is 4.79 Å². The highest BCUT2D eigenvalue weighted by molar-refractivity contribution is 5.91. The van der Waals surface area contributed by atoms with Crippen molar-refractivity contribution in [2.75, 3.05) is 19.6 Å². The predicted molar refractivity (Wildman–Crippen MR) is 56.6 cm³/mol. The summed E-state index contributed by atoms with van der Waals surface area (Å²) in [5.74, 6) is 0.542. The van der Waals surface area contributed by atoms with Gasteiger partial charge in [-0.1, -0.05) is 0 Å². The molecule has 1 fully saturated rings. The molecular formula is C10H16N4O. The largest absolute Gasteiger partial charge is 0.331 e. The smallest absolute Gasteiger partial charge is 0.290 e. The molecule has 0 radical (unpaired) electrons. The normalized spacial score (nSPS) is 21.7. The molecular weight excluding hydrogens is 192 g/mol. The Labute approximate surface area is 89.1 Å². The molecule has 5 heteroatoms. The second kappa shape index (κ2) is 4.02. The summed E-state index contributed by atoms with van der Waals surface area (Å²) in [6.45, 7) is 4.52. The van der Waals surface area contributed by atoms with Gasteiger partial charge in [0.2, 0.25) is 0 Å². The van der Waals surface area contributed by atoms with E-state index in [2.05, 4.69) is 10.3 Å². The van der Waals surface area contributed by atoms with Gasteiger partial charge in [-0.3, -0.25) is 4.79 Å². The van der Waals surface area contributed by atoms with Crippen LogP contribution in [0.5, 0.6) is 0 Å². The molecule has 5 nitrogen and oxygen atoms in total. The first-order chi connectivity index (χ1) is 7.20. The number of amides is 1. The van der Waals surface area contributed by atoms with Gasteiger partial charge in [-0.25, -0.2) is 4.98 Å². The van der Waals surface area contributed by atoms with E-state index >= 15 is 0 Å². The van der Waals surface area contributed by atoms with Gasteiger partial charge < -0.3 is 14.8 Å². The van der Waals surface area contributed by atoms with Crippen LogP contribution in [0.4, 0.5) is 0 Å². The third-order valence-electron chi connectivity index (χ3n) is 2.77. The summed E-state index contributed by atoms with van der Waals surface area (Å²) in [6.07, 6.45) is 3.44. The van der Waals surface area contributed by atoms with Crippen molar-refractivity contribution in [1.29, 1.82) is 0 Å². The van der Waals surface area contributed by atoms with Crippen LogP contribution < -0.4 is 5.32 Å². The molecule has 1 amide bonds. The van der Waals surface area contributed by atoms with Crippen LogP contribution >= 0.6 is 0 Å². The molecule has 2 rings (SSSR count). The molecule has 1 aromatic heterocycles. The van der Waals surface area contributed by atoms with Gasteiger partial charge in [-0.05, 0) is 6.92 Å². The van der Waals surface area contributed by atoms with Crippen molar-refractivity contribution in [2.45, 2.75) is 13.0 Å². The molecule has 2 heterocycles. The molecule has 82 valence electrons. The van der Waals surface area contributed by atoms with Gasteiger partial charge in [0, 0.05) is 45.1 Å². The Morgan fingerprint density at radius 2 is 2.47 bits per heavy atom. The maximum atomic E-state index is 12.1. The van der Waals surface area contributed by atoms with Crippen molar-refractivity contribution in [3.05, 3.63) is 18.2 Å². The van der Waals surface area contributed by atoms with E-state index < -0.39 is 0 Å². The molecule has 1 atom stereocenters. The second-order valence-corrected chi connectivity index (χ2v) is 3.91. The summed E-state index contributed by atoms with van der Waals surface area (Å²) in [7, 11) is 1.84. The molecule has 0 unspecified atom stereocenters. The number of hydrogen-bond acceptors (Lipinski definition) is 3. The van der Waals surface area contributed by atoms with Crippen LogP contribution in [0.3, 0.4) is 0 Å². The lowest BCUT2D eigenvalue weighted by Crippen LogP contribution is -2.52. The second-order valence-electron chi connectivity index (χ2n) is 3.91. The minimum Gasteiger partial charge on any atom is -0.331 e. The first kappa shape index (κ1) is 10.2. The van der Waals surface area contributed by atoms with Crippen LogP contribution in [-0.4, -0.2) is 46.0 Å². The van der Waals surface area contributed by atoms with Gasteiger partial charge in [0.25, 0.3) is 5.91 Å². The van der Waals surface area contributed by atoms with Gasteiger partial charge in [0.15, 0.2) is 5.82 Å². The number of nitrogens with zero attached hydrogens (tertiary/aromatic N) is 3. The highest BCUT2D eigenvalue weighted by Gasteiger charge is 2.26. The van der Waals surface area contributed by atoms with Gasteiger partial charge in [-0.2, -0.15) is 0 Å². The highest BCUT2D eigenvalue weighted by atomic mass is 16.2. The van der Waals surface area contributed by atoms with Crippen molar-refractivity contribution in [3.8, 4) is 0 Å². The van der Waals surface area contributed by atoms with E-state index in [1.54, 1.807) is 17.0 Å². The van der Waals surface area contributed by atoms with Gasteiger partial charge in [0.05, 0.1) is 0 Å². The van der Waals surface area contributed by atoms with E-state index in [9.17, 15) is 4.79 Å². The van der Waals surface area contributed by atoms with Crippen molar-refractivity contribution in [3.63, 3.8) is 0 Å². The van der Waals surface area contributed by atoms with Crippen LogP contribution in [0.15, 0.2) is 12.4 Å². The third kappa shape index (κ3) is 1.87. The lowest BCUT2D eigenvalue weighted by molar-refractivity contribution is 0.0639. The van der Waals surface area contributed by atoms with E-state index in [4.69, 9.17) is 0 Å². The van der Waals surface area contributed by atoms with E-state index in [0.717, 1.165) is 19.6 Å². The minimum atomic E-state index is 0.0245. The maximum absolute atomic E-state index is 12.1. The van der Waals surface area contributed by atoms with Crippen LogP contribution in [-0.2, 0) is 7.05 Å². The fraction of sp³-hybridized carbons (Fsp3) is 0.600. The number of carbonyl (C=O) groups excluding carboxylic acids is 1. The number of imidazole rings is 1. The average molecular weight is 208 g/mol. The van der Waals surface area contributed by atoms with Crippen LogP contribution in [0.25, 0.3) is 0 Å². The maximum Gasteiger partial charge on any atom is 0.290 e. The zero-order valence-corrected chi connectivity index (χ0v) is 9.10. The average Bonchev–Trinajstić information content (AvgIpc) is 2.64. The summed E-state index contributed by atoms with van der Waals surface area (Å²) in [5.41, 5.74) is 0.